The van der Waals surface area contributed by atoms with E-state index in [1.807, 2.05) is 60.7 Å². The van der Waals surface area contributed by atoms with Gasteiger partial charge in [-0.05, 0) is 34.9 Å². The van der Waals surface area contributed by atoms with E-state index in [2.05, 4.69) is 46.6 Å². The van der Waals surface area contributed by atoms with Crippen LogP contribution in [0.15, 0.2) is 97.1 Å². The molecule has 1 aliphatic rings. The number of hydrogen-bond donors (Lipinski definition) is 1. The Bertz CT molecular complexity index is 1180. The van der Waals surface area contributed by atoms with E-state index in [1.165, 1.54) is 5.69 Å². The molecule has 34 heavy (non-hydrogen) atoms. The minimum atomic E-state index is 0.446. The minimum Gasteiger partial charge on any atom is -0.473 e. The molecule has 0 spiro atoms. The Morgan fingerprint density at radius 2 is 1.29 bits per heavy atom. The molecule has 0 radical (unpaired) electrons. The lowest BCUT2D eigenvalue weighted by molar-refractivity contribution is 0.268. The Morgan fingerprint density at radius 1 is 0.676 bits per heavy atom. The lowest BCUT2D eigenvalue weighted by atomic mass is 10.1. The quantitative estimate of drug-likeness (QED) is 0.393. The molecule has 0 atom stereocenters. The minimum absolute atomic E-state index is 0.446. The molecule has 0 bridgehead atoms. The maximum atomic E-state index is 6.21. The van der Waals surface area contributed by atoms with Crippen molar-refractivity contribution >= 4 is 5.69 Å². The number of rotatable bonds is 8. The van der Waals surface area contributed by atoms with Crippen LogP contribution in [0.25, 0.3) is 11.1 Å². The lowest BCUT2D eigenvalue weighted by Crippen LogP contribution is -2.43. The van der Waals surface area contributed by atoms with E-state index in [4.69, 9.17) is 14.5 Å². The average Bonchev–Trinajstić information content (AvgIpc) is 2.92. The van der Waals surface area contributed by atoms with Crippen molar-refractivity contribution in [2.24, 2.45) is 0 Å². The normalized spacial score (nSPS) is 13.5. The molecule has 4 aromatic rings. The molecule has 1 saturated heterocycles. The first kappa shape index (κ1) is 22.0. The zero-order chi connectivity index (χ0) is 23.0. The Morgan fingerprint density at radius 3 is 1.94 bits per heavy atom. The Hall–Kier alpha value is -3.83. The molecule has 0 saturated carbocycles. The second-order valence-electron chi connectivity index (χ2n) is 8.33. The molecule has 1 aromatic heterocycles. The molecule has 172 valence electrons. The van der Waals surface area contributed by atoms with E-state index >= 15 is 0 Å². The van der Waals surface area contributed by atoms with Gasteiger partial charge in [0.25, 0.3) is 0 Å². The molecule has 0 aliphatic carbocycles. The highest BCUT2D eigenvalue weighted by molar-refractivity contribution is 5.71. The number of piperazine rings is 1. The van der Waals surface area contributed by atoms with Gasteiger partial charge in [-0.1, -0.05) is 72.8 Å². The van der Waals surface area contributed by atoms with Gasteiger partial charge in [-0.25, -0.2) is 0 Å². The average molecular weight is 452 g/mol. The fourth-order valence-electron chi connectivity index (χ4n) is 4.07. The number of ether oxygens (including phenoxy) is 2. The molecule has 5 rings (SSSR count). The third-order valence-electron chi connectivity index (χ3n) is 5.94. The van der Waals surface area contributed by atoms with Gasteiger partial charge in [-0.15, -0.1) is 0 Å². The highest BCUT2D eigenvalue weighted by Crippen LogP contribution is 2.32. The first-order valence-electron chi connectivity index (χ1n) is 11.8. The van der Waals surface area contributed by atoms with Gasteiger partial charge in [0, 0.05) is 43.5 Å². The molecular formula is C29H29N3O2. The number of hydrogen-bond acceptors (Lipinski definition) is 5. The molecule has 1 N–H and O–H groups in total. The van der Waals surface area contributed by atoms with Gasteiger partial charge in [-0.3, -0.25) is 0 Å². The van der Waals surface area contributed by atoms with Gasteiger partial charge in [0.05, 0.1) is 0 Å². The fourth-order valence-corrected chi connectivity index (χ4v) is 4.07. The van der Waals surface area contributed by atoms with E-state index in [9.17, 15) is 0 Å². The molecular weight excluding hydrogens is 422 g/mol. The predicted octanol–water partition coefficient (Wildman–Crippen LogP) is 5.32. The topological polar surface area (TPSA) is 46.6 Å². The third kappa shape index (κ3) is 5.56. The Labute approximate surface area is 201 Å². The van der Waals surface area contributed by atoms with Crippen LogP contribution in [0.2, 0.25) is 0 Å². The van der Waals surface area contributed by atoms with E-state index in [1.54, 1.807) is 0 Å². The van der Waals surface area contributed by atoms with Gasteiger partial charge in [-0.2, -0.15) is 4.98 Å². The van der Waals surface area contributed by atoms with Crippen molar-refractivity contribution in [3.8, 4) is 22.9 Å². The van der Waals surface area contributed by atoms with Crippen molar-refractivity contribution in [2.75, 3.05) is 31.1 Å². The van der Waals surface area contributed by atoms with Crippen LogP contribution in [0.4, 0.5) is 5.69 Å². The van der Waals surface area contributed by atoms with Crippen molar-refractivity contribution < 1.29 is 9.47 Å². The number of nitrogens with one attached hydrogen (secondary N) is 1. The van der Waals surface area contributed by atoms with Gasteiger partial charge >= 0.3 is 0 Å². The lowest BCUT2D eigenvalue weighted by Gasteiger charge is -2.29. The SMILES string of the molecule is c1ccc(COc2ccc(-c3ccc(N4CCNCC4)cc3)c(OCc3ccccc3)n2)cc1. The zero-order valence-corrected chi connectivity index (χ0v) is 19.2. The molecule has 1 aliphatic heterocycles. The monoisotopic (exact) mass is 451 g/mol. The standard InChI is InChI=1S/C29H29N3O2/c1-3-7-23(8-4-1)21-33-28-16-15-27(29(31-28)34-22-24-9-5-2-6-10-24)25-11-13-26(14-12-25)32-19-17-30-18-20-32/h1-16,30H,17-22H2. The van der Waals surface area contributed by atoms with Gasteiger partial charge < -0.3 is 19.7 Å². The van der Waals surface area contributed by atoms with Crippen LogP contribution in [0.3, 0.4) is 0 Å². The third-order valence-corrected chi connectivity index (χ3v) is 5.94. The van der Waals surface area contributed by atoms with Crippen LogP contribution < -0.4 is 19.7 Å². The Kier molecular flexibility index (Phi) is 7.02. The molecule has 5 nitrogen and oxygen atoms in total. The summed E-state index contributed by atoms with van der Waals surface area (Å²) < 4.78 is 12.2. The molecule has 2 heterocycles. The van der Waals surface area contributed by atoms with Gasteiger partial charge in [0.15, 0.2) is 0 Å². The zero-order valence-electron chi connectivity index (χ0n) is 19.2. The highest BCUT2D eigenvalue weighted by atomic mass is 16.5. The molecule has 1 fully saturated rings. The smallest absolute Gasteiger partial charge is 0.225 e. The second kappa shape index (κ2) is 10.9. The number of pyridine rings is 1. The highest BCUT2D eigenvalue weighted by Gasteiger charge is 2.14. The number of nitrogens with zero attached hydrogens (tertiary/aromatic N) is 2. The van der Waals surface area contributed by atoms with Crippen LogP contribution in [0, 0.1) is 0 Å². The van der Waals surface area contributed by atoms with Gasteiger partial charge in [0.2, 0.25) is 11.8 Å². The summed E-state index contributed by atoms with van der Waals surface area (Å²) in [5.41, 5.74) is 5.47. The summed E-state index contributed by atoms with van der Waals surface area (Å²) >= 11 is 0. The Balaban J connectivity index is 1.37. The van der Waals surface area contributed by atoms with E-state index in [0.29, 0.717) is 25.0 Å². The summed E-state index contributed by atoms with van der Waals surface area (Å²) in [6.45, 7) is 5.01. The van der Waals surface area contributed by atoms with Crippen molar-refractivity contribution in [2.45, 2.75) is 13.2 Å². The van der Waals surface area contributed by atoms with Crippen LogP contribution in [0.1, 0.15) is 11.1 Å². The van der Waals surface area contributed by atoms with Crippen molar-refractivity contribution in [3.05, 3.63) is 108 Å². The molecule has 5 heteroatoms. The van der Waals surface area contributed by atoms with Crippen molar-refractivity contribution in [1.29, 1.82) is 0 Å². The van der Waals surface area contributed by atoms with E-state index in [-0.39, 0.29) is 0 Å². The first-order valence-corrected chi connectivity index (χ1v) is 11.8. The summed E-state index contributed by atoms with van der Waals surface area (Å²) in [7, 11) is 0. The second-order valence-corrected chi connectivity index (χ2v) is 8.33. The summed E-state index contributed by atoms with van der Waals surface area (Å²) in [5, 5.41) is 3.40. The van der Waals surface area contributed by atoms with E-state index < -0.39 is 0 Å². The number of benzene rings is 3. The fraction of sp³-hybridized carbons (Fsp3) is 0.207. The maximum Gasteiger partial charge on any atom is 0.225 e. The number of aromatic nitrogens is 1. The van der Waals surface area contributed by atoms with Crippen molar-refractivity contribution in [3.63, 3.8) is 0 Å². The maximum absolute atomic E-state index is 6.21. The van der Waals surface area contributed by atoms with Crippen LogP contribution in [-0.2, 0) is 13.2 Å². The summed E-state index contributed by atoms with van der Waals surface area (Å²) in [6.07, 6.45) is 0. The summed E-state index contributed by atoms with van der Waals surface area (Å²) in [4.78, 5) is 7.14. The molecule has 0 amide bonds. The molecule has 3 aromatic carbocycles. The van der Waals surface area contributed by atoms with E-state index in [0.717, 1.165) is 48.4 Å². The first-order chi connectivity index (χ1) is 16.8. The van der Waals surface area contributed by atoms with Crippen LogP contribution in [0.5, 0.6) is 11.8 Å². The largest absolute Gasteiger partial charge is 0.473 e. The van der Waals surface area contributed by atoms with Crippen molar-refractivity contribution in [1.82, 2.24) is 10.3 Å². The molecule has 0 unspecified atom stereocenters. The predicted molar refractivity (Wildman–Crippen MR) is 136 cm³/mol. The summed E-state index contributed by atoms with van der Waals surface area (Å²) in [6, 6.07) is 32.9. The summed E-state index contributed by atoms with van der Waals surface area (Å²) in [5.74, 6) is 1.12. The van der Waals surface area contributed by atoms with Crippen LogP contribution >= 0.6 is 0 Å². The van der Waals surface area contributed by atoms with Crippen LogP contribution in [-0.4, -0.2) is 31.2 Å². The van der Waals surface area contributed by atoms with Gasteiger partial charge in [0.1, 0.15) is 13.2 Å². The number of anilines is 1.